The van der Waals surface area contributed by atoms with Crippen molar-refractivity contribution in [3.05, 3.63) is 66.2 Å². The molecule has 6 rings (SSSR count). The lowest BCUT2D eigenvalue weighted by molar-refractivity contribution is -0.153. The normalized spacial score (nSPS) is 28.3. The van der Waals surface area contributed by atoms with Gasteiger partial charge in [-0.25, -0.2) is 8.42 Å². The first-order chi connectivity index (χ1) is 22.8. The van der Waals surface area contributed by atoms with Crippen molar-refractivity contribution in [3.8, 4) is 11.5 Å². The van der Waals surface area contributed by atoms with E-state index in [0.29, 0.717) is 38.3 Å². The highest BCUT2D eigenvalue weighted by Crippen LogP contribution is 2.35. The van der Waals surface area contributed by atoms with Crippen LogP contribution in [0.5, 0.6) is 11.5 Å². The van der Waals surface area contributed by atoms with Crippen LogP contribution in [-0.2, 0) is 35.4 Å². The zero-order valence-corrected chi connectivity index (χ0v) is 27.8. The summed E-state index contributed by atoms with van der Waals surface area (Å²) in [4.78, 5) is 15.7. The Kier molecular flexibility index (Phi) is 11.2. The molecule has 2 aromatic carbocycles. The van der Waals surface area contributed by atoms with Gasteiger partial charge in [0.1, 0.15) is 22.5 Å². The maximum atomic E-state index is 14.5. The number of fused-ring (bicyclic) bond motifs is 3. The van der Waals surface area contributed by atoms with Gasteiger partial charge in [-0.2, -0.15) is 4.31 Å². The second-order valence-electron chi connectivity index (χ2n) is 12.8. The minimum Gasteiger partial charge on any atom is -0.497 e. The van der Waals surface area contributed by atoms with Crippen LogP contribution in [0.1, 0.15) is 37.7 Å². The fraction of sp³-hybridized carbons (Fsp3) is 0.571. The van der Waals surface area contributed by atoms with Gasteiger partial charge in [-0.05, 0) is 56.3 Å². The van der Waals surface area contributed by atoms with Crippen LogP contribution in [0.15, 0.2) is 65.6 Å². The highest BCUT2D eigenvalue weighted by atomic mass is 32.2. The van der Waals surface area contributed by atoms with Gasteiger partial charge in [0, 0.05) is 37.7 Å². The Hall–Kier alpha value is -3.00. The van der Waals surface area contributed by atoms with Crippen molar-refractivity contribution in [1.29, 1.82) is 0 Å². The summed E-state index contributed by atoms with van der Waals surface area (Å²) in [7, 11) is -2.62. The standard InChI is InChI=1S/C35H46N2O9S/c1-42-28-12-13-33-31(21-28)43-17-7-3-6-15-36-16-8-11-27(36)22-37(47(33,40)41)23-30(38)26(19-25-9-4-2-5-10-25)20-34(39)46-32-24-45-35-29(32)14-18-44-35/h2-6,9-10,12-13,21,26-27,29-30,32,35,38H,7-8,11,14-20,22-24H2,1H3/b6-3+/t26-,27+,29+,30-,32+,35-/m1/s1. The number of ether oxygens (including phenoxy) is 5. The van der Waals surface area contributed by atoms with Crippen LogP contribution in [0.3, 0.4) is 0 Å². The van der Waals surface area contributed by atoms with Gasteiger partial charge in [-0.1, -0.05) is 42.5 Å². The molecule has 0 spiro atoms. The molecule has 3 saturated heterocycles. The van der Waals surface area contributed by atoms with E-state index in [1.165, 1.54) is 17.5 Å². The molecule has 2 aromatic rings. The second-order valence-corrected chi connectivity index (χ2v) is 14.7. The Morgan fingerprint density at radius 2 is 1.94 bits per heavy atom. The molecule has 1 N–H and O–H groups in total. The van der Waals surface area contributed by atoms with Gasteiger partial charge in [0.25, 0.3) is 0 Å². The number of hydrogen-bond acceptors (Lipinski definition) is 10. The summed E-state index contributed by atoms with van der Waals surface area (Å²) in [5, 5.41) is 11.9. The summed E-state index contributed by atoms with van der Waals surface area (Å²) in [6.07, 6.45) is 5.77. The molecule has 0 aliphatic carbocycles. The van der Waals surface area contributed by atoms with Gasteiger partial charge in [0.05, 0.1) is 45.4 Å². The first kappa shape index (κ1) is 33.9. The van der Waals surface area contributed by atoms with Crippen molar-refractivity contribution < 1.29 is 42.0 Å². The molecule has 256 valence electrons. The molecule has 3 fully saturated rings. The number of methoxy groups -OCH3 is 1. The van der Waals surface area contributed by atoms with Crippen LogP contribution < -0.4 is 9.47 Å². The van der Waals surface area contributed by atoms with E-state index < -0.39 is 34.1 Å². The molecule has 0 bridgehead atoms. The third-order valence-electron chi connectivity index (χ3n) is 9.70. The highest BCUT2D eigenvalue weighted by molar-refractivity contribution is 7.89. The van der Waals surface area contributed by atoms with Crippen LogP contribution in [0, 0.1) is 11.8 Å². The molecular formula is C35H46N2O9S. The molecular weight excluding hydrogens is 624 g/mol. The van der Waals surface area contributed by atoms with E-state index in [-0.39, 0.29) is 55.0 Å². The van der Waals surface area contributed by atoms with Crippen molar-refractivity contribution in [3.63, 3.8) is 0 Å². The SMILES string of the molecule is COc1ccc2c(c1)OCC/C=C/CN1CCC[C@H]1CN(C[C@@H](O)[C@@H](CC(=O)O[C@H]1CO[C@H]3OCC[C@H]31)Cc1ccccc1)S2(=O)=O. The first-order valence-electron chi connectivity index (χ1n) is 16.7. The van der Waals surface area contributed by atoms with E-state index >= 15 is 0 Å². The van der Waals surface area contributed by atoms with Crippen LogP contribution >= 0.6 is 0 Å². The van der Waals surface area contributed by atoms with E-state index in [1.807, 2.05) is 30.3 Å². The van der Waals surface area contributed by atoms with Crippen molar-refractivity contribution in [2.45, 2.75) is 68.0 Å². The minimum absolute atomic E-state index is 0.00163. The molecule has 12 heteroatoms. The van der Waals surface area contributed by atoms with Crippen molar-refractivity contribution in [2.24, 2.45) is 11.8 Å². The van der Waals surface area contributed by atoms with Crippen LogP contribution in [0.4, 0.5) is 0 Å². The number of benzene rings is 2. The lowest BCUT2D eigenvalue weighted by Crippen LogP contribution is -2.47. The molecule has 4 aliphatic rings. The van der Waals surface area contributed by atoms with Gasteiger partial charge >= 0.3 is 5.97 Å². The van der Waals surface area contributed by atoms with E-state index in [9.17, 15) is 18.3 Å². The zero-order valence-electron chi connectivity index (χ0n) is 26.9. The predicted molar refractivity (Wildman–Crippen MR) is 174 cm³/mol. The molecule has 47 heavy (non-hydrogen) atoms. The Morgan fingerprint density at radius 1 is 1.09 bits per heavy atom. The van der Waals surface area contributed by atoms with Crippen LogP contribution in [0.2, 0.25) is 0 Å². The number of aliphatic hydroxyl groups excluding tert-OH is 1. The number of nitrogens with zero attached hydrogens (tertiary/aromatic N) is 2. The number of aliphatic hydroxyl groups is 1. The zero-order chi connectivity index (χ0) is 32.8. The summed E-state index contributed by atoms with van der Waals surface area (Å²) in [5.41, 5.74) is 0.935. The number of carbonyl (C=O) groups excluding carboxylic acids is 1. The maximum Gasteiger partial charge on any atom is 0.306 e. The Bertz CT molecular complexity index is 1490. The molecule has 4 heterocycles. The topological polar surface area (TPSA) is 124 Å². The van der Waals surface area contributed by atoms with Gasteiger partial charge < -0.3 is 28.8 Å². The molecule has 4 aliphatic heterocycles. The largest absolute Gasteiger partial charge is 0.497 e. The molecule has 0 aromatic heterocycles. The summed E-state index contributed by atoms with van der Waals surface area (Å²) in [6.45, 7) is 2.74. The molecule has 0 amide bonds. The minimum atomic E-state index is -4.15. The Balaban J connectivity index is 1.27. The number of carbonyl (C=O) groups is 1. The number of rotatable bonds is 9. The van der Waals surface area contributed by atoms with Gasteiger partial charge in [-0.3, -0.25) is 9.69 Å². The van der Waals surface area contributed by atoms with E-state index in [1.54, 1.807) is 12.1 Å². The number of sulfonamides is 1. The number of hydrogen-bond donors (Lipinski definition) is 1. The summed E-state index contributed by atoms with van der Waals surface area (Å²) >= 11 is 0. The van der Waals surface area contributed by atoms with Gasteiger partial charge in [0.2, 0.25) is 10.0 Å². The summed E-state index contributed by atoms with van der Waals surface area (Å²) in [5.74, 6) is -0.359. The molecule has 6 atom stereocenters. The second kappa shape index (κ2) is 15.5. The Labute approximate surface area is 277 Å². The lowest BCUT2D eigenvalue weighted by atomic mass is 9.90. The number of β-amino-alcohol motifs (C(OH)–C–C–N with tert-alkyl or cyclic N) is 1. The fourth-order valence-corrected chi connectivity index (χ4v) is 8.70. The average Bonchev–Trinajstić information content (AvgIpc) is 3.81. The fourth-order valence-electron chi connectivity index (χ4n) is 7.09. The van der Waals surface area contributed by atoms with Crippen LogP contribution in [0.25, 0.3) is 0 Å². The van der Waals surface area contributed by atoms with Gasteiger partial charge in [-0.15, -0.1) is 0 Å². The molecule has 11 nitrogen and oxygen atoms in total. The Morgan fingerprint density at radius 3 is 2.77 bits per heavy atom. The van der Waals surface area contributed by atoms with Crippen LogP contribution in [-0.4, -0.2) is 106 Å². The van der Waals surface area contributed by atoms with Gasteiger partial charge in [0.15, 0.2) is 6.29 Å². The quantitative estimate of drug-likeness (QED) is 0.314. The third-order valence-corrected chi connectivity index (χ3v) is 11.6. The summed E-state index contributed by atoms with van der Waals surface area (Å²) < 4.78 is 58.9. The smallest absolute Gasteiger partial charge is 0.306 e. The van der Waals surface area contributed by atoms with Crippen molar-refractivity contribution >= 4 is 16.0 Å². The first-order valence-corrected chi connectivity index (χ1v) is 18.1. The molecule has 0 unspecified atom stereocenters. The molecule has 0 radical (unpaired) electrons. The van der Waals surface area contributed by atoms with Crippen molar-refractivity contribution in [1.82, 2.24) is 9.21 Å². The number of esters is 1. The van der Waals surface area contributed by atoms with Crippen molar-refractivity contribution in [2.75, 3.05) is 53.1 Å². The molecule has 0 saturated carbocycles. The maximum absolute atomic E-state index is 14.5. The predicted octanol–water partition coefficient (Wildman–Crippen LogP) is 3.40. The highest BCUT2D eigenvalue weighted by Gasteiger charge is 2.44. The monoisotopic (exact) mass is 670 g/mol. The average molecular weight is 671 g/mol. The summed E-state index contributed by atoms with van der Waals surface area (Å²) in [6, 6.07) is 14.3. The third kappa shape index (κ3) is 8.18. The lowest BCUT2D eigenvalue weighted by Gasteiger charge is -2.33. The van der Waals surface area contributed by atoms with E-state index in [4.69, 9.17) is 23.7 Å². The van der Waals surface area contributed by atoms with E-state index in [2.05, 4.69) is 17.1 Å². The van der Waals surface area contributed by atoms with E-state index in [0.717, 1.165) is 31.4 Å².